The predicted octanol–water partition coefficient (Wildman–Crippen LogP) is 5.78. The van der Waals surface area contributed by atoms with E-state index in [1.54, 1.807) is 24.3 Å². The third-order valence-corrected chi connectivity index (χ3v) is 4.63. The van der Waals surface area contributed by atoms with Crippen LogP contribution in [0.15, 0.2) is 85.0 Å². The van der Waals surface area contributed by atoms with Crippen LogP contribution in [0.4, 0.5) is 0 Å². The Labute approximate surface area is 221 Å². The largest absolute Gasteiger partial charge is 0.423 e. The Hall–Kier alpha value is -4.98. The summed E-state index contributed by atoms with van der Waals surface area (Å²) in [6.07, 6.45) is 3.19. The lowest BCUT2D eigenvalue weighted by Gasteiger charge is -2.12. The summed E-state index contributed by atoms with van der Waals surface area (Å²) in [5.74, 6) is -2.17. The van der Waals surface area contributed by atoms with Crippen LogP contribution in [0.25, 0.3) is 12.2 Å². The Morgan fingerprint density at radius 2 is 0.816 bits per heavy atom. The molecule has 0 heterocycles. The summed E-state index contributed by atoms with van der Waals surface area (Å²) < 4.78 is 21.3. The van der Waals surface area contributed by atoms with Crippen molar-refractivity contribution in [3.05, 3.63) is 96.1 Å². The maximum atomic E-state index is 12.2. The molecular formula is C30H28O8. The normalized spacial score (nSPS) is 10.3. The molecule has 0 bridgehead atoms. The Balaban J connectivity index is 2.51. The van der Waals surface area contributed by atoms with E-state index in [2.05, 4.69) is 26.3 Å². The van der Waals surface area contributed by atoms with Crippen LogP contribution >= 0.6 is 0 Å². The minimum Gasteiger partial charge on any atom is -0.423 e. The lowest BCUT2D eigenvalue weighted by Crippen LogP contribution is -2.11. The fourth-order valence-corrected chi connectivity index (χ4v) is 2.55. The first-order valence-corrected chi connectivity index (χ1v) is 11.3. The fourth-order valence-electron chi connectivity index (χ4n) is 2.55. The molecule has 0 amide bonds. The monoisotopic (exact) mass is 516 g/mol. The van der Waals surface area contributed by atoms with Gasteiger partial charge in [-0.3, -0.25) is 0 Å². The average Bonchev–Trinajstić information content (AvgIpc) is 2.84. The smallest absolute Gasteiger partial charge is 0.338 e. The van der Waals surface area contributed by atoms with E-state index in [-0.39, 0.29) is 45.3 Å². The molecule has 0 radical (unpaired) electrons. The number of carbonyl (C=O) groups excluding carboxylic acids is 4. The molecule has 2 aromatic rings. The Morgan fingerprint density at radius 3 is 1.11 bits per heavy atom. The van der Waals surface area contributed by atoms with Gasteiger partial charge in [0.25, 0.3) is 0 Å². The van der Waals surface area contributed by atoms with Crippen molar-refractivity contribution in [2.24, 2.45) is 0 Å². The number of benzene rings is 2. The predicted molar refractivity (Wildman–Crippen MR) is 144 cm³/mol. The van der Waals surface area contributed by atoms with E-state index in [1.165, 1.54) is 52.0 Å². The van der Waals surface area contributed by atoms with E-state index in [0.29, 0.717) is 11.1 Å². The molecule has 8 heteroatoms. The van der Waals surface area contributed by atoms with Gasteiger partial charge in [-0.1, -0.05) is 38.5 Å². The molecule has 196 valence electrons. The molecule has 0 unspecified atom stereocenters. The average molecular weight is 517 g/mol. The van der Waals surface area contributed by atoms with Crippen LogP contribution in [0.1, 0.15) is 38.8 Å². The van der Waals surface area contributed by atoms with Gasteiger partial charge in [-0.05, 0) is 52.0 Å². The van der Waals surface area contributed by atoms with Gasteiger partial charge in [0.05, 0.1) is 0 Å². The van der Waals surface area contributed by atoms with Crippen LogP contribution in [0.5, 0.6) is 23.0 Å². The van der Waals surface area contributed by atoms with Crippen molar-refractivity contribution in [1.82, 2.24) is 0 Å². The van der Waals surface area contributed by atoms with Gasteiger partial charge in [0.15, 0.2) is 0 Å². The van der Waals surface area contributed by atoms with E-state index in [1.807, 2.05) is 0 Å². The minimum absolute atomic E-state index is 0.0914. The molecule has 0 N–H and O–H groups in total. The molecule has 2 aromatic carbocycles. The summed E-state index contributed by atoms with van der Waals surface area (Å²) in [5.41, 5.74) is 1.60. The first-order valence-electron chi connectivity index (χ1n) is 11.3. The molecule has 38 heavy (non-hydrogen) atoms. The van der Waals surface area contributed by atoms with Crippen LogP contribution in [0.3, 0.4) is 0 Å². The zero-order chi connectivity index (χ0) is 28.6. The number of hydrogen-bond acceptors (Lipinski definition) is 8. The molecule has 0 fully saturated rings. The van der Waals surface area contributed by atoms with Gasteiger partial charge in [0.2, 0.25) is 0 Å². The van der Waals surface area contributed by atoms with Crippen molar-refractivity contribution >= 4 is 36.0 Å². The van der Waals surface area contributed by atoms with Gasteiger partial charge in [0, 0.05) is 45.6 Å². The van der Waals surface area contributed by atoms with Crippen LogP contribution in [0.2, 0.25) is 0 Å². The summed E-state index contributed by atoms with van der Waals surface area (Å²) in [6.45, 7) is 20.2. The van der Waals surface area contributed by atoms with Crippen molar-refractivity contribution < 1.29 is 38.1 Å². The zero-order valence-corrected chi connectivity index (χ0v) is 21.7. The third-order valence-electron chi connectivity index (χ3n) is 4.63. The van der Waals surface area contributed by atoms with E-state index in [0.717, 1.165) is 0 Å². The Bertz CT molecular complexity index is 1290. The summed E-state index contributed by atoms with van der Waals surface area (Å²) in [5, 5.41) is 0. The summed E-state index contributed by atoms with van der Waals surface area (Å²) in [7, 11) is 0. The van der Waals surface area contributed by atoms with E-state index in [4.69, 9.17) is 18.9 Å². The molecule has 0 saturated heterocycles. The summed E-state index contributed by atoms with van der Waals surface area (Å²) >= 11 is 0. The molecule has 0 aliphatic rings. The lowest BCUT2D eigenvalue weighted by atomic mass is 10.1. The summed E-state index contributed by atoms with van der Waals surface area (Å²) in [6, 6.07) is 8.93. The second kappa shape index (κ2) is 12.8. The summed E-state index contributed by atoms with van der Waals surface area (Å²) in [4.78, 5) is 48.3. The van der Waals surface area contributed by atoms with Gasteiger partial charge in [0.1, 0.15) is 23.0 Å². The number of hydrogen-bond donors (Lipinski definition) is 0. The molecule has 2 rings (SSSR count). The highest BCUT2D eigenvalue weighted by Crippen LogP contribution is 2.31. The van der Waals surface area contributed by atoms with Gasteiger partial charge in [-0.25, -0.2) is 19.2 Å². The lowest BCUT2D eigenvalue weighted by molar-refractivity contribution is -0.131. The number of rotatable bonds is 10. The van der Waals surface area contributed by atoms with Gasteiger partial charge in [-0.2, -0.15) is 0 Å². The van der Waals surface area contributed by atoms with Crippen molar-refractivity contribution in [2.75, 3.05) is 0 Å². The second-order valence-electron chi connectivity index (χ2n) is 8.41. The van der Waals surface area contributed by atoms with Crippen molar-refractivity contribution in [3.8, 4) is 23.0 Å². The van der Waals surface area contributed by atoms with Crippen LogP contribution in [-0.4, -0.2) is 23.9 Å². The van der Waals surface area contributed by atoms with Crippen LogP contribution in [0, 0.1) is 0 Å². The SMILES string of the molecule is C=C(C)C(=O)Oc1ccc(C=Cc2ccc(OC(=O)C(=C)C)cc2OC(=O)C(=C)C)c(OC(=O)C(=C)C)c1. The first-order chi connectivity index (χ1) is 17.8. The van der Waals surface area contributed by atoms with E-state index in [9.17, 15) is 19.2 Å². The van der Waals surface area contributed by atoms with Gasteiger partial charge in [-0.15, -0.1) is 0 Å². The van der Waals surface area contributed by atoms with Crippen molar-refractivity contribution in [2.45, 2.75) is 27.7 Å². The van der Waals surface area contributed by atoms with Gasteiger partial charge < -0.3 is 18.9 Å². The van der Waals surface area contributed by atoms with E-state index < -0.39 is 23.9 Å². The number of esters is 4. The highest BCUT2D eigenvalue weighted by atomic mass is 16.6. The zero-order valence-electron chi connectivity index (χ0n) is 21.7. The van der Waals surface area contributed by atoms with Crippen molar-refractivity contribution in [1.29, 1.82) is 0 Å². The molecule has 8 nitrogen and oxygen atoms in total. The third kappa shape index (κ3) is 8.30. The first kappa shape index (κ1) is 29.3. The topological polar surface area (TPSA) is 105 Å². The fraction of sp³-hybridized carbons (Fsp3) is 0.133. The van der Waals surface area contributed by atoms with Gasteiger partial charge >= 0.3 is 23.9 Å². The standard InChI is InChI=1S/C30H28O8/c1-17(2)27(31)35-23-13-11-21(25(15-23)37-29(33)19(5)6)9-10-22-12-14-24(36-28(32)18(3)4)16-26(22)38-30(34)20(7)8/h9-16H,1,3,5,7H2,2,4,6,8H3. The van der Waals surface area contributed by atoms with Crippen molar-refractivity contribution in [3.63, 3.8) is 0 Å². The molecule has 0 aromatic heterocycles. The molecule has 0 spiro atoms. The highest BCUT2D eigenvalue weighted by molar-refractivity contribution is 5.92. The number of carbonyl (C=O) groups is 4. The quantitative estimate of drug-likeness (QED) is 0.169. The highest BCUT2D eigenvalue weighted by Gasteiger charge is 2.15. The van der Waals surface area contributed by atoms with Crippen LogP contribution < -0.4 is 18.9 Å². The maximum absolute atomic E-state index is 12.2. The van der Waals surface area contributed by atoms with Crippen LogP contribution in [-0.2, 0) is 19.2 Å². The second-order valence-corrected chi connectivity index (χ2v) is 8.41. The number of ether oxygens (including phenoxy) is 4. The molecule has 0 saturated carbocycles. The Kier molecular flexibility index (Phi) is 9.87. The minimum atomic E-state index is -0.678. The molecule has 0 aliphatic carbocycles. The molecule has 0 atom stereocenters. The Morgan fingerprint density at radius 1 is 0.526 bits per heavy atom. The van der Waals surface area contributed by atoms with E-state index >= 15 is 0 Å². The molecule has 0 aliphatic heterocycles. The molecular weight excluding hydrogens is 488 g/mol. The maximum Gasteiger partial charge on any atom is 0.338 e.